The Kier molecular flexibility index (Phi) is 4.31. The quantitative estimate of drug-likeness (QED) is 0.439. The van der Waals surface area contributed by atoms with Crippen LogP contribution >= 0.6 is 11.6 Å². The Labute approximate surface area is 93.0 Å². The fourth-order valence-corrected chi connectivity index (χ4v) is 1.24. The molecule has 0 heterocycles. The lowest BCUT2D eigenvalue weighted by atomic mass is 10.1. The molecule has 1 aromatic carbocycles. The van der Waals surface area contributed by atoms with Crippen molar-refractivity contribution in [2.75, 3.05) is 12.5 Å². The van der Waals surface area contributed by atoms with Crippen molar-refractivity contribution in [3.05, 3.63) is 29.8 Å². The molecule has 0 saturated carbocycles. The zero-order valence-electron chi connectivity index (χ0n) is 8.33. The van der Waals surface area contributed by atoms with E-state index in [2.05, 4.69) is 0 Å². The van der Waals surface area contributed by atoms with Gasteiger partial charge in [-0.1, -0.05) is 12.1 Å². The highest BCUT2D eigenvalue weighted by Crippen LogP contribution is 2.14. The van der Waals surface area contributed by atoms with E-state index in [9.17, 15) is 9.59 Å². The molecule has 0 aliphatic carbocycles. The lowest BCUT2D eigenvalue weighted by Crippen LogP contribution is -2.15. The van der Waals surface area contributed by atoms with Crippen LogP contribution in [0.4, 0.5) is 0 Å². The average Bonchev–Trinajstić information content (AvgIpc) is 2.28. The molecular formula is C11H11ClO3. The van der Waals surface area contributed by atoms with Crippen LogP contribution in [0.5, 0.6) is 5.75 Å². The third-order valence-electron chi connectivity index (χ3n) is 1.78. The number of hydrogen-bond acceptors (Lipinski definition) is 3. The van der Waals surface area contributed by atoms with Crippen molar-refractivity contribution in [3.63, 3.8) is 0 Å². The van der Waals surface area contributed by atoms with Gasteiger partial charge in [0.15, 0.2) is 0 Å². The van der Waals surface area contributed by atoms with Crippen molar-refractivity contribution >= 4 is 23.2 Å². The van der Waals surface area contributed by atoms with Gasteiger partial charge in [-0.25, -0.2) is 0 Å². The third kappa shape index (κ3) is 3.06. The van der Waals surface area contributed by atoms with Gasteiger partial charge in [0, 0.05) is 5.56 Å². The number of ether oxygens (including phenoxy) is 1. The molecule has 0 aliphatic rings. The monoisotopic (exact) mass is 226 g/mol. The van der Waals surface area contributed by atoms with Crippen molar-refractivity contribution in [1.82, 2.24) is 0 Å². The van der Waals surface area contributed by atoms with Crippen molar-refractivity contribution in [1.29, 1.82) is 0 Å². The molecule has 0 radical (unpaired) electrons. The standard InChI is InChI=1S/C11H11ClO3/c1-2-15-9-5-3-4-8(6-9)11(14)10(13)7-12/h3-6H,2,7H2,1H3. The Morgan fingerprint density at radius 3 is 2.73 bits per heavy atom. The lowest BCUT2D eigenvalue weighted by molar-refractivity contribution is -0.112. The summed E-state index contributed by atoms with van der Waals surface area (Å²) in [6.45, 7) is 2.36. The Morgan fingerprint density at radius 2 is 2.13 bits per heavy atom. The fraction of sp³-hybridized carbons (Fsp3) is 0.273. The minimum Gasteiger partial charge on any atom is -0.494 e. The molecule has 0 aliphatic heterocycles. The maximum atomic E-state index is 11.4. The topological polar surface area (TPSA) is 43.4 Å². The molecule has 0 atom stereocenters. The van der Waals surface area contributed by atoms with Crippen LogP contribution in [0, 0.1) is 0 Å². The Hall–Kier alpha value is -1.35. The normalized spacial score (nSPS) is 9.73. The van der Waals surface area contributed by atoms with E-state index in [0.717, 1.165) is 0 Å². The number of carbonyl (C=O) groups is 2. The zero-order valence-corrected chi connectivity index (χ0v) is 9.08. The number of alkyl halides is 1. The summed E-state index contributed by atoms with van der Waals surface area (Å²) in [5.41, 5.74) is 0.312. The molecule has 80 valence electrons. The average molecular weight is 227 g/mol. The minimum absolute atomic E-state index is 0.294. The maximum absolute atomic E-state index is 11.4. The summed E-state index contributed by atoms with van der Waals surface area (Å²) >= 11 is 5.30. The molecule has 3 nitrogen and oxygen atoms in total. The Morgan fingerprint density at radius 1 is 1.40 bits per heavy atom. The Balaban J connectivity index is 2.90. The number of rotatable bonds is 5. The first-order valence-electron chi connectivity index (χ1n) is 4.55. The van der Waals surface area contributed by atoms with Gasteiger partial charge in [-0.05, 0) is 19.1 Å². The van der Waals surface area contributed by atoms with Crippen LogP contribution in [0.25, 0.3) is 0 Å². The number of halogens is 1. The number of ketones is 2. The molecule has 15 heavy (non-hydrogen) atoms. The summed E-state index contributed by atoms with van der Waals surface area (Å²) in [6.07, 6.45) is 0. The van der Waals surface area contributed by atoms with Gasteiger partial charge in [-0.2, -0.15) is 0 Å². The summed E-state index contributed by atoms with van der Waals surface area (Å²) in [5, 5.41) is 0. The molecular weight excluding hydrogens is 216 g/mol. The number of Topliss-reactive ketones (excluding diaryl/α,β-unsaturated/α-hetero) is 2. The first kappa shape index (κ1) is 11.7. The van der Waals surface area contributed by atoms with Gasteiger partial charge >= 0.3 is 0 Å². The lowest BCUT2D eigenvalue weighted by Gasteiger charge is -2.04. The summed E-state index contributed by atoms with van der Waals surface area (Å²) in [4.78, 5) is 22.5. The molecule has 1 rings (SSSR count). The Bertz CT molecular complexity index is 374. The van der Waals surface area contributed by atoms with E-state index >= 15 is 0 Å². The first-order chi connectivity index (χ1) is 7.19. The molecule has 0 N–H and O–H groups in total. The third-order valence-corrected chi connectivity index (χ3v) is 2.02. The van der Waals surface area contributed by atoms with Gasteiger partial charge < -0.3 is 4.74 Å². The summed E-state index contributed by atoms with van der Waals surface area (Å²) in [6, 6.07) is 6.50. The molecule has 0 bridgehead atoms. The highest BCUT2D eigenvalue weighted by Gasteiger charge is 2.14. The molecule has 0 unspecified atom stereocenters. The van der Waals surface area contributed by atoms with E-state index in [1.807, 2.05) is 6.92 Å². The predicted octanol–water partition coefficient (Wildman–Crippen LogP) is 2.08. The highest BCUT2D eigenvalue weighted by molar-refractivity contribution is 6.51. The van der Waals surface area contributed by atoms with Gasteiger partial charge in [0.25, 0.3) is 0 Å². The predicted molar refractivity (Wildman–Crippen MR) is 57.7 cm³/mol. The van der Waals surface area contributed by atoms with E-state index < -0.39 is 11.6 Å². The van der Waals surface area contributed by atoms with E-state index in [0.29, 0.717) is 17.9 Å². The number of hydrogen-bond donors (Lipinski definition) is 0. The van der Waals surface area contributed by atoms with Crippen molar-refractivity contribution in [2.45, 2.75) is 6.92 Å². The SMILES string of the molecule is CCOc1cccc(C(=O)C(=O)CCl)c1. The molecule has 0 aromatic heterocycles. The van der Waals surface area contributed by atoms with E-state index in [4.69, 9.17) is 16.3 Å². The fourth-order valence-electron chi connectivity index (χ4n) is 1.12. The molecule has 0 amide bonds. The van der Waals surface area contributed by atoms with Crippen LogP contribution in [0.2, 0.25) is 0 Å². The van der Waals surface area contributed by atoms with E-state index in [1.165, 1.54) is 6.07 Å². The molecule has 1 aromatic rings. The number of benzene rings is 1. The van der Waals surface area contributed by atoms with Gasteiger partial charge in [0.1, 0.15) is 5.75 Å². The smallest absolute Gasteiger partial charge is 0.229 e. The van der Waals surface area contributed by atoms with Crippen molar-refractivity contribution in [2.24, 2.45) is 0 Å². The van der Waals surface area contributed by atoms with Gasteiger partial charge in [-0.15, -0.1) is 11.6 Å². The van der Waals surface area contributed by atoms with Crippen LogP contribution in [-0.2, 0) is 4.79 Å². The van der Waals surface area contributed by atoms with Gasteiger partial charge in [0.2, 0.25) is 11.6 Å². The second-order valence-corrected chi connectivity index (χ2v) is 3.11. The second-order valence-electron chi connectivity index (χ2n) is 2.85. The van der Waals surface area contributed by atoms with Crippen LogP contribution < -0.4 is 4.74 Å². The van der Waals surface area contributed by atoms with E-state index in [-0.39, 0.29) is 5.88 Å². The molecule has 4 heteroatoms. The second kappa shape index (κ2) is 5.51. The van der Waals surface area contributed by atoms with Crippen LogP contribution in [0.3, 0.4) is 0 Å². The summed E-state index contributed by atoms with van der Waals surface area (Å²) < 4.78 is 5.21. The molecule has 0 saturated heterocycles. The largest absolute Gasteiger partial charge is 0.494 e. The first-order valence-corrected chi connectivity index (χ1v) is 5.08. The van der Waals surface area contributed by atoms with Crippen molar-refractivity contribution < 1.29 is 14.3 Å². The zero-order chi connectivity index (χ0) is 11.3. The van der Waals surface area contributed by atoms with Crippen LogP contribution in [-0.4, -0.2) is 24.1 Å². The minimum atomic E-state index is -0.606. The maximum Gasteiger partial charge on any atom is 0.229 e. The highest BCUT2D eigenvalue weighted by atomic mass is 35.5. The van der Waals surface area contributed by atoms with Gasteiger partial charge in [-0.3, -0.25) is 9.59 Å². The van der Waals surface area contributed by atoms with E-state index in [1.54, 1.807) is 18.2 Å². The van der Waals surface area contributed by atoms with Crippen LogP contribution in [0.1, 0.15) is 17.3 Å². The molecule has 0 fully saturated rings. The summed E-state index contributed by atoms with van der Waals surface area (Å²) in [5.74, 6) is -0.903. The van der Waals surface area contributed by atoms with Crippen LogP contribution in [0.15, 0.2) is 24.3 Å². The molecule has 0 spiro atoms. The number of carbonyl (C=O) groups excluding carboxylic acids is 2. The van der Waals surface area contributed by atoms with Gasteiger partial charge in [0.05, 0.1) is 12.5 Å². The van der Waals surface area contributed by atoms with Crippen molar-refractivity contribution in [3.8, 4) is 5.75 Å². The summed E-state index contributed by atoms with van der Waals surface area (Å²) in [7, 11) is 0.